The highest BCUT2D eigenvalue weighted by Crippen LogP contribution is 2.58. The lowest BCUT2D eigenvalue weighted by molar-refractivity contribution is 0.233. The van der Waals surface area contributed by atoms with Crippen molar-refractivity contribution in [2.45, 2.75) is 70.1 Å². The van der Waals surface area contributed by atoms with Gasteiger partial charge in [-0.05, 0) is 147 Å². The van der Waals surface area contributed by atoms with Gasteiger partial charge in [0.15, 0.2) is 0 Å². The monoisotopic (exact) mass is 722 g/mol. The summed E-state index contributed by atoms with van der Waals surface area (Å²) in [5, 5.41) is 5.32. The highest BCUT2D eigenvalue weighted by atomic mass is 15.0. The molecule has 9 aromatic rings. The Morgan fingerprint density at radius 1 is 0.446 bits per heavy atom. The maximum atomic E-state index is 2.62. The van der Waals surface area contributed by atoms with E-state index in [2.05, 4.69) is 182 Å². The zero-order valence-corrected chi connectivity index (χ0v) is 32.7. The molecule has 0 saturated heterocycles. The summed E-state index contributed by atoms with van der Waals surface area (Å²) >= 11 is 0. The van der Waals surface area contributed by atoms with Crippen molar-refractivity contribution in [3.63, 3.8) is 0 Å². The van der Waals surface area contributed by atoms with Crippen LogP contribution in [0.4, 0.5) is 0 Å². The van der Waals surface area contributed by atoms with Crippen LogP contribution in [-0.4, -0.2) is 9.13 Å². The molecular weight excluding hydrogens is 677 g/mol. The topological polar surface area (TPSA) is 9.86 Å². The number of nitrogens with zero attached hydrogens (tertiary/aromatic N) is 2. The lowest BCUT2D eigenvalue weighted by Crippen LogP contribution is -2.28. The fourth-order valence-corrected chi connectivity index (χ4v) is 11.8. The van der Waals surface area contributed by atoms with E-state index >= 15 is 0 Å². The molecule has 0 radical (unpaired) electrons. The summed E-state index contributed by atoms with van der Waals surface area (Å²) < 4.78 is 4.99. The summed E-state index contributed by atoms with van der Waals surface area (Å²) in [6, 6.07) is 55.4. The standard InChI is InChI=1S/C54H46N2/c1-53(2)45-21-13-11-19-37(45)39-29-43-41-27-33(23-25-49(41)55(51(43)31-47(39)53)35-15-7-5-8-16-35)34-24-26-50-42(28-34)44-30-40-38-20-12-14-22-46(38)54(3,4)48(40)32-52(44)56(50)36-17-9-6-10-18-36/h5-11,13,15-19,21,23-32,38,46H,12,14,20,22H2,1-4H3. The molecule has 0 spiro atoms. The summed E-state index contributed by atoms with van der Waals surface area (Å²) in [5.74, 6) is 1.40. The van der Waals surface area contributed by atoms with Gasteiger partial charge in [-0.1, -0.05) is 113 Å². The van der Waals surface area contributed by atoms with Gasteiger partial charge in [-0.25, -0.2) is 0 Å². The van der Waals surface area contributed by atoms with Gasteiger partial charge in [0.25, 0.3) is 0 Å². The smallest absolute Gasteiger partial charge is 0.0544 e. The second kappa shape index (κ2) is 11.4. The molecule has 0 amide bonds. The van der Waals surface area contributed by atoms with Gasteiger partial charge in [-0.3, -0.25) is 0 Å². The molecule has 1 saturated carbocycles. The molecule has 0 N–H and O–H groups in total. The number of rotatable bonds is 3. The van der Waals surface area contributed by atoms with Gasteiger partial charge >= 0.3 is 0 Å². The van der Waals surface area contributed by atoms with Crippen LogP contribution in [0.1, 0.15) is 81.5 Å². The van der Waals surface area contributed by atoms with Gasteiger partial charge in [0.2, 0.25) is 0 Å². The molecule has 2 heterocycles. The van der Waals surface area contributed by atoms with Gasteiger partial charge in [-0.15, -0.1) is 0 Å². The number of hydrogen-bond donors (Lipinski definition) is 0. The van der Waals surface area contributed by atoms with Crippen LogP contribution in [-0.2, 0) is 10.8 Å². The lowest BCUT2D eigenvalue weighted by atomic mass is 9.70. The number of benzene rings is 7. The Kier molecular flexibility index (Phi) is 6.57. The third-order valence-corrected chi connectivity index (χ3v) is 14.6. The van der Waals surface area contributed by atoms with Gasteiger partial charge in [0.05, 0.1) is 22.1 Å². The summed E-state index contributed by atoms with van der Waals surface area (Å²) in [6.07, 6.45) is 5.37. The van der Waals surface area contributed by atoms with Crippen molar-refractivity contribution in [3.05, 3.63) is 168 Å². The average Bonchev–Trinajstić information content (AvgIpc) is 3.88. The van der Waals surface area contributed by atoms with E-state index in [-0.39, 0.29) is 10.8 Å². The van der Waals surface area contributed by atoms with Crippen LogP contribution < -0.4 is 0 Å². The van der Waals surface area contributed by atoms with Crippen molar-refractivity contribution in [1.82, 2.24) is 9.13 Å². The van der Waals surface area contributed by atoms with E-state index in [1.54, 1.807) is 11.1 Å². The Hall–Kier alpha value is -5.86. The van der Waals surface area contributed by atoms with E-state index in [4.69, 9.17) is 0 Å². The minimum Gasteiger partial charge on any atom is -0.309 e. The predicted octanol–water partition coefficient (Wildman–Crippen LogP) is 14.4. The molecule has 272 valence electrons. The normalized spacial score (nSPS) is 19.1. The zero-order chi connectivity index (χ0) is 37.5. The molecule has 0 bridgehead atoms. The second-order valence-corrected chi connectivity index (χ2v) is 18.1. The Balaban J connectivity index is 1.10. The van der Waals surface area contributed by atoms with Gasteiger partial charge in [-0.2, -0.15) is 0 Å². The third kappa shape index (κ3) is 4.28. The van der Waals surface area contributed by atoms with Crippen LogP contribution in [0.25, 0.3) is 77.2 Å². The highest BCUT2D eigenvalue weighted by molar-refractivity contribution is 6.14. The van der Waals surface area contributed by atoms with Crippen LogP contribution in [0, 0.1) is 5.92 Å². The summed E-state index contributed by atoms with van der Waals surface area (Å²) in [6.45, 7) is 9.79. The number of para-hydroxylation sites is 2. The van der Waals surface area contributed by atoms with Crippen molar-refractivity contribution in [1.29, 1.82) is 0 Å². The fourth-order valence-electron chi connectivity index (χ4n) is 11.8. The molecule has 1 fully saturated rings. The van der Waals surface area contributed by atoms with Crippen molar-refractivity contribution < 1.29 is 0 Å². The zero-order valence-electron chi connectivity index (χ0n) is 32.7. The molecule has 3 aliphatic rings. The van der Waals surface area contributed by atoms with Crippen LogP contribution in [0.15, 0.2) is 146 Å². The first-order chi connectivity index (χ1) is 27.3. The summed E-state index contributed by atoms with van der Waals surface area (Å²) in [4.78, 5) is 0. The van der Waals surface area contributed by atoms with Crippen molar-refractivity contribution >= 4 is 43.6 Å². The van der Waals surface area contributed by atoms with Gasteiger partial charge < -0.3 is 9.13 Å². The number of fused-ring (bicyclic) bond motifs is 12. The summed E-state index contributed by atoms with van der Waals surface area (Å²) in [7, 11) is 0. The average molecular weight is 723 g/mol. The maximum absolute atomic E-state index is 2.62. The van der Waals surface area contributed by atoms with Crippen LogP contribution >= 0.6 is 0 Å². The molecule has 2 nitrogen and oxygen atoms in total. The molecule has 2 aromatic heterocycles. The van der Waals surface area contributed by atoms with Crippen LogP contribution in [0.2, 0.25) is 0 Å². The Labute approximate surface area is 329 Å². The second-order valence-electron chi connectivity index (χ2n) is 18.1. The van der Waals surface area contributed by atoms with Gasteiger partial charge in [0, 0.05) is 38.3 Å². The largest absolute Gasteiger partial charge is 0.309 e. The minimum absolute atomic E-state index is 0.0641. The molecule has 56 heavy (non-hydrogen) atoms. The molecule has 2 heteroatoms. The molecule has 0 aliphatic heterocycles. The van der Waals surface area contributed by atoms with E-state index < -0.39 is 0 Å². The van der Waals surface area contributed by atoms with Crippen molar-refractivity contribution in [2.75, 3.05) is 0 Å². The van der Waals surface area contributed by atoms with E-state index in [0.29, 0.717) is 5.92 Å². The van der Waals surface area contributed by atoms with Crippen LogP contribution in [0.5, 0.6) is 0 Å². The highest BCUT2D eigenvalue weighted by Gasteiger charge is 2.47. The van der Waals surface area contributed by atoms with E-state index in [0.717, 1.165) is 5.92 Å². The number of hydrogen-bond acceptors (Lipinski definition) is 0. The predicted molar refractivity (Wildman–Crippen MR) is 236 cm³/mol. The molecule has 12 rings (SSSR count). The maximum Gasteiger partial charge on any atom is 0.0544 e. The van der Waals surface area contributed by atoms with Crippen molar-refractivity contribution in [3.8, 4) is 33.6 Å². The summed E-state index contributed by atoms with van der Waals surface area (Å²) in [5.41, 5.74) is 18.9. The Morgan fingerprint density at radius 2 is 0.982 bits per heavy atom. The van der Waals surface area contributed by atoms with E-state index in [9.17, 15) is 0 Å². The Morgan fingerprint density at radius 3 is 1.62 bits per heavy atom. The first kappa shape index (κ1) is 32.4. The number of aromatic nitrogens is 2. The molecule has 7 aromatic carbocycles. The molecular formula is C54H46N2. The first-order valence-electron chi connectivity index (χ1n) is 20.8. The SMILES string of the molecule is CC1(C)c2ccccc2-c2cc3c4cc(-c5ccc6c(c5)c5cc7c(cc5n6-c5ccccc5)C(C)(C)C5CCCCC75)ccc4n(-c4ccccc4)c3cc21. The van der Waals surface area contributed by atoms with E-state index in [1.807, 2.05) is 0 Å². The molecule has 3 aliphatic carbocycles. The lowest BCUT2D eigenvalue weighted by Gasteiger charge is -2.34. The fraction of sp³-hybridized carbons (Fsp3) is 0.222. The van der Waals surface area contributed by atoms with Crippen LogP contribution in [0.3, 0.4) is 0 Å². The third-order valence-electron chi connectivity index (χ3n) is 14.6. The Bertz CT molecular complexity index is 3080. The molecule has 2 atom stereocenters. The van der Waals surface area contributed by atoms with Gasteiger partial charge in [0.1, 0.15) is 0 Å². The quantitative estimate of drug-likeness (QED) is 0.172. The van der Waals surface area contributed by atoms with Crippen molar-refractivity contribution in [2.24, 2.45) is 5.92 Å². The minimum atomic E-state index is -0.0641. The first-order valence-corrected chi connectivity index (χ1v) is 20.8. The molecule has 2 unspecified atom stereocenters. The van der Waals surface area contributed by atoms with E-state index in [1.165, 1.54) is 114 Å².